The van der Waals surface area contributed by atoms with Gasteiger partial charge in [0, 0.05) is 6.61 Å². The summed E-state index contributed by atoms with van der Waals surface area (Å²) in [6.45, 7) is 3.20. The van der Waals surface area contributed by atoms with Crippen LogP contribution in [0.3, 0.4) is 0 Å². The molecule has 0 aromatic rings. The van der Waals surface area contributed by atoms with E-state index < -0.39 is 0 Å². The number of hydrogen-bond donors (Lipinski definition) is 1. The Kier molecular flexibility index (Phi) is 32.9. The molecular formula is C4H12Na2O2. The topological polar surface area (TPSA) is 29.5 Å². The first-order valence-corrected chi connectivity index (χ1v) is 2.10. The molecule has 0 aromatic carbocycles. The molecule has 0 saturated carbocycles. The van der Waals surface area contributed by atoms with E-state index in [1.54, 1.807) is 0 Å². The quantitative estimate of drug-likeness (QED) is 0.311. The number of hydrogen-bond acceptors (Lipinski definition) is 2. The first kappa shape index (κ1) is 16.5. The van der Waals surface area contributed by atoms with Crippen LogP contribution in [0.5, 0.6) is 0 Å². The molecular weight excluding hydrogens is 126 g/mol. The molecule has 0 aliphatic carbocycles. The molecule has 0 aliphatic rings. The average molecular weight is 138 g/mol. The van der Waals surface area contributed by atoms with Gasteiger partial charge in [0.25, 0.3) is 0 Å². The first-order valence-electron chi connectivity index (χ1n) is 2.10. The maximum Gasteiger partial charge on any atom is 1.00 e. The molecule has 0 spiro atoms. The SMILES string of the molecule is CCOCCO.[H-].[H-].[Na+].[Na+]. The normalized spacial score (nSPS) is 6.75. The molecule has 42 valence electrons. The molecule has 8 heavy (non-hydrogen) atoms. The van der Waals surface area contributed by atoms with Gasteiger partial charge in [-0.1, -0.05) is 0 Å². The van der Waals surface area contributed by atoms with Gasteiger partial charge in [0.1, 0.15) is 0 Å². The van der Waals surface area contributed by atoms with Crippen molar-refractivity contribution in [3.63, 3.8) is 0 Å². The first-order chi connectivity index (χ1) is 2.91. The van der Waals surface area contributed by atoms with Crippen LogP contribution in [-0.2, 0) is 4.74 Å². The van der Waals surface area contributed by atoms with Crippen LogP contribution in [0.2, 0.25) is 0 Å². The summed E-state index contributed by atoms with van der Waals surface area (Å²) in [7, 11) is 0. The van der Waals surface area contributed by atoms with E-state index in [2.05, 4.69) is 0 Å². The van der Waals surface area contributed by atoms with Crippen molar-refractivity contribution in [3.05, 3.63) is 0 Å². The van der Waals surface area contributed by atoms with Gasteiger partial charge in [-0.25, -0.2) is 0 Å². The number of aliphatic hydroxyl groups excluding tert-OH is 1. The summed E-state index contributed by atoms with van der Waals surface area (Å²) in [5.41, 5.74) is 0. The third kappa shape index (κ3) is 15.7. The van der Waals surface area contributed by atoms with Crippen molar-refractivity contribution in [1.29, 1.82) is 0 Å². The fourth-order valence-corrected chi connectivity index (χ4v) is 0.209. The van der Waals surface area contributed by atoms with Crippen LogP contribution in [0, 0.1) is 0 Å². The molecule has 0 aliphatic heterocycles. The van der Waals surface area contributed by atoms with Crippen molar-refractivity contribution < 1.29 is 71.8 Å². The molecule has 0 aromatic heterocycles. The van der Waals surface area contributed by atoms with Gasteiger partial charge in [0.05, 0.1) is 13.2 Å². The van der Waals surface area contributed by atoms with Crippen molar-refractivity contribution >= 4 is 0 Å². The van der Waals surface area contributed by atoms with Crippen LogP contribution in [0.4, 0.5) is 0 Å². The molecule has 0 rings (SSSR count). The van der Waals surface area contributed by atoms with E-state index in [0.29, 0.717) is 13.2 Å². The monoisotopic (exact) mass is 138 g/mol. The minimum Gasteiger partial charge on any atom is -1.00 e. The Morgan fingerprint density at radius 3 is 2.12 bits per heavy atom. The minimum absolute atomic E-state index is 0. The fraction of sp³-hybridized carbons (Fsp3) is 1.00. The largest absolute Gasteiger partial charge is 1.00 e. The summed E-state index contributed by atoms with van der Waals surface area (Å²) >= 11 is 0. The zero-order chi connectivity index (χ0) is 4.83. The Morgan fingerprint density at radius 2 is 2.00 bits per heavy atom. The van der Waals surface area contributed by atoms with Crippen LogP contribution in [-0.4, -0.2) is 24.9 Å². The number of rotatable bonds is 3. The van der Waals surface area contributed by atoms with Crippen molar-refractivity contribution in [3.8, 4) is 0 Å². The summed E-state index contributed by atoms with van der Waals surface area (Å²) in [5, 5.41) is 8.07. The van der Waals surface area contributed by atoms with E-state index in [1.165, 1.54) is 0 Å². The average Bonchev–Trinajstić information content (AvgIpc) is 1.61. The number of aliphatic hydroxyl groups is 1. The van der Waals surface area contributed by atoms with Crippen LogP contribution in [0.25, 0.3) is 0 Å². The zero-order valence-corrected chi connectivity index (χ0v) is 9.98. The van der Waals surface area contributed by atoms with Gasteiger partial charge < -0.3 is 12.7 Å². The van der Waals surface area contributed by atoms with Gasteiger partial charge in [-0.15, -0.1) is 0 Å². The molecule has 1 N–H and O–H groups in total. The van der Waals surface area contributed by atoms with Gasteiger partial charge in [-0.05, 0) is 6.92 Å². The Morgan fingerprint density at radius 1 is 1.50 bits per heavy atom. The molecule has 2 nitrogen and oxygen atoms in total. The van der Waals surface area contributed by atoms with E-state index in [4.69, 9.17) is 9.84 Å². The molecule has 0 amide bonds. The number of ether oxygens (including phenoxy) is 1. The molecule has 4 heteroatoms. The summed E-state index contributed by atoms with van der Waals surface area (Å²) in [4.78, 5) is 0. The van der Waals surface area contributed by atoms with Crippen molar-refractivity contribution in [1.82, 2.24) is 0 Å². The second-order valence-corrected chi connectivity index (χ2v) is 0.921. The molecule has 0 fully saturated rings. The zero-order valence-electron chi connectivity index (χ0n) is 7.98. The second-order valence-electron chi connectivity index (χ2n) is 0.921. The van der Waals surface area contributed by atoms with E-state index in [9.17, 15) is 0 Å². The smallest absolute Gasteiger partial charge is 1.00 e. The molecule has 0 bridgehead atoms. The van der Waals surface area contributed by atoms with Crippen molar-refractivity contribution in [2.75, 3.05) is 19.8 Å². The Labute approximate surface area is 97.5 Å². The van der Waals surface area contributed by atoms with Gasteiger partial charge >= 0.3 is 59.1 Å². The summed E-state index contributed by atoms with van der Waals surface area (Å²) in [6.07, 6.45) is 0. The van der Waals surface area contributed by atoms with Gasteiger partial charge in [0.15, 0.2) is 0 Å². The third-order valence-electron chi connectivity index (χ3n) is 0.440. The van der Waals surface area contributed by atoms with E-state index >= 15 is 0 Å². The van der Waals surface area contributed by atoms with Crippen molar-refractivity contribution in [2.24, 2.45) is 0 Å². The van der Waals surface area contributed by atoms with Crippen LogP contribution in [0.15, 0.2) is 0 Å². The fourth-order valence-electron chi connectivity index (χ4n) is 0.209. The standard InChI is InChI=1S/C4H10O2.2Na.2H/c1-2-6-4-3-5;;;;/h5H,2-4H2,1H3;;;;/q;2*+1;2*-1. The van der Waals surface area contributed by atoms with Crippen LogP contribution in [0.1, 0.15) is 9.78 Å². The van der Waals surface area contributed by atoms with E-state index in [0.717, 1.165) is 0 Å². The van der Waals surface area contributed by atoms with E-state index in [1.807, 2.05) is 6.92 Å². The summed E-state index contributed by atoms with van der Waals surface area (Å²) < 4.78 is 4.73. The second kappa shape index (κ2) is 16.0. The Balaban J connectivity index is -0.0000000208. The Bertz CT molecular complexity index is 31.2. The third-order valence-corrected chi connectivity index (χ3v) is 0.440. The maximum atomic E-state index is 8.07. The van der Waals surface area contributed by atoms with Gasteiger partial charge in [-0.3, -0.25) is 0 Å². The van der Waals surface area contributed by atoms with E-state index in [-0.39, 0.29) is 68.6 Å². The van der Waals surface area contributed by atoms with Gasteiger partial charge in [0.2, 0.25) is 0 Å². The predicted molar refractivity (Wildman–Crippen MR) is 25.8 cm³/mol. The van der Waals surface area contributed by atoms with Crippen molar-refractivity contribution in [2.45, 2.75) is 6.92 Å². The Hall–Kier alpha value is 1.92. The molecule has 0 saturated heterocycles. The molecule has 0 heterocycles. The van der Waals surface area contributed by atoms with Crippen LogP contribution < -0.4 is 59.1 Å². The molecule has 0 unspecified atom stereocenters. The molecule has 0 radical (unpaired) electrons. The maximum absolute atomic E-state index is 8.07. The van der Waals surface area contributed by atoms with Crippen LogP contribution >= 0.6 is 0 Å². The molecule has 0 atom stereocenters. The predicted octanol–water partition coefficient (Wildman–Crippen LogP) is -5.75. The summed E-state index contributed by atoms with van der Waals surface area (Å²) in [5.74, 6) is 0. The minimum atomic E-state index is 0. The van der Waals surface area contributed by atoms with Gasteiger partial charge in [-0.2, -0.15) is 0 Å². The summed E-state index contributed by atoms with van der Waals surface area (Å²) in [6, 6.07) is 0.